The first-order valence-corrected chi connectivity index (χ1v) is 7.98. The molecule has 4 heteroatoms. The normalized spacial score (nSPS) is 16.5. The second-order valence-electron chi connectivity index (χ2n) is 7.26. The summed E-state index contributed by atoms with van der Waals surface area (Å²) in [6, 6.07) is 7.00. The Labute approximate surface area is 132 Å². The van der Waals surface area contributed by atoms with Crippen LogP contribution in [0.2, 0.25) is 0 Å². The summed E-state index contributed by atoms with van der Waals surface area (Å²) in [6.45, 7) is 9.65. The van der Waals surface area contributed by atoms with Gasteiger partial charge in [-0.15, -0.1) is 0 Å². The van der Waals surface area contributed by atoms with E-state index in [1.807, 2.05) is 25.7 Å². The van der Waals surface area contributed by atoms with Crippen LogP contribution in [0.15, 0.2) is 24.3 Å². The van der Waals surface area contributed by atoms with E-state index in [1.54, 1.807) is 24.3 Å². The minimum atomic E-state index is -0.292. The van der Waals surface area contributed by atoms with E-state index >= 15 is 0 Å². The Morgan fingerprint density at radius 2 is 1.73 bits per heavy atom. The molecule has 22 heavy (non-hydrogen) atoms. The lowest BCUT2D eigenvalue weighted by Crippen LogP contribution is -2.41. The molecule has 1 N–H and O–H groups in total. The Balaban J connectivity index is 2.11. The number of benzene rings is 1. The van der Waals surface area contributed by atoms with Gasteiger partial charge in [0.05, 0.1) is 0 Å². The molecule has 0 bridgehead atoms. The van der Waals surface area contributed by atoms with Crippen molar-refractivity contribution in [3.63, 3.8) is 0 Å². The molecule has 1 heterocycles. The summed E-state index contributed by atoms with van der Waals surface area (Å²) in [5, 5.41) is 2.92. The van der Waals surface area contributed by atoms with Gasteiger partial charge in [0.15, 0.2) is 0 Å². The molecular weight excluding hydrogens is 276 g/mol. The maximum absolute atomic E-state index is 12.6. The van der Waals surface area contributed by atoms with Crippen LogP contribution >= 0.6 is 0 Å². The van der Waals surface area contributed by atoms with Crippen molar-refractivity contribution in [2.45, 2.75) is 46.1 Å². The summed E-state index contributed by atoms with van der Waals surface area (Å²) >= 11 is 0. The second kappa shape index (κ2) is 6.51. The van der Waals surface area contributed by atoms with E-state index in [-0.39, 0.29) is 17.4 Å². The van der Waals surface area contributed by atoms with Gasteiger partial charge >= 0.3 is 0 Å². The smallest absolute Gasteiger partial charge is 0.253 e. The summed E-state index contributed by atoms with van der Waals surface area (Å²) in [5.41, 5.74) is 0.836. The molecule has 0 spiro atoms. The number of amides is 2. The van der Waals surface area contributed by atoms with Crippen LogP contribution in [0.25, 0.3) is 0 Å². The average molecular weight is 302 g/mol. The molecule has 1 aromatic carbocycles. The first-order valence-electron chi connectivity index (χ1n) is 7.98. The lowest BCUT2D eigenvalue weighted by atomic mass is 9.98. The molecule has 0 unspecified atom stereocenters. The van der Waals surface area contributed by atoms with Crippen molar-refractivity contribution in [1.82, 2.24) is 10.2 Å². The van der Waals surface area contributed by atoms with E-state index in [0.29, 0.717) is 17.0 Å². The predicted octanol–water partition coefficient (Wildman–Crippen LogP) is 3.09. The fourth-order valence-electron chi connectivity index (χ4n) is 2.60. The molecule has 0 atom stereocenters. The van der Waals surface area contributed by atoms with Crippen LogP contribution in [0, 0.1) is 5.92 Å². The third-order valence-electron chi connectivity index (χ3n) is 3.93. The SMILES string of the molecule is CC1CCN(C(=O)c2cccc(C(=O)NC(C)(C)C)c2)CC1. The van der Waals surface area contributed by atoms with E-state index in [4.69, 9.17) is 0 Å². The topological polar surface area (TPSA) is 49.4 Å². The molecule has 1 fully saturated rings. The third kappa shape index (κ3) is 4.33. The maximum atomic E-state index is 12.6. The predicted molar refractivity (Wildman–Crippen MR) is 88.0 cm³/mol. The van der Waals surface area contributed by atoms with E-state index in [9.17, 15) is 9.59 Å². The van der Waals surface area contributed by atoms with Gasteiger partial charge in [-0.3, -0.25) is 9.59 Å². The van der Waals surface area contributed by atoms with Gasteiger partial charge in [-0.2, -0.15) is 0 Å². The molecule has 1 saturated heterocycles. The largest absolute Gasteiger partial charge is 0.347 e. The first-order chi connectivity index (χ1) is 10.3. The monoisotopic (exact) mass is 302 g/mol. The summed E-state index contributed by atoms with van der Waals surface area (Å²) < 4.78 is 0. The van der Waals surface area contributed by atoms with Crippen molar-refractivity contribution in [3.05, 3.63) is 35.4 Å². The highest BCUT2D eigenvalue weighted by Crippen LogP contribution is 2.18. The van der Waals surface area contributed by atoms with Gasteiger partial charge in [0.1, 0.15) is 0 Å². The van der Waals surface area contributed by atoms with E-state index in [1.165, 1.54) is 0 Å². The highest BCUT2D eigenvalue weighted by atomic mass is 16.2. The zero-order valence-corrected chi connectivity index (χ0v) is 14.0. The molecule has 4 nitrogen and oxygen atoms in total. The van der Waals surface area contributed by atoms with Crippen LogP contribution in [0.1, 0.15) is 61.3 Å². The molecule has 1 aliphatic rings. The van der Waals surface area contributed by atoms with Gasteiger partial charge in [0, 0.05) is 29.8 Å². The van der Waals surface area contributed by atoms with E-state index in [0.717, 1.165) is 25.9 Å². The van der Waals surface area contributed by atoms with Crippen molar-refractivity contribution in [2.24, 2.45) is 5.92 Å². The number of hydrogen-bond donors (Lipinski definition) is 1. The highest BCUT2D eigenvalue weighted by Gasteiger charge is 2.22. The quantitative estimate of drug-likeness (QED) is 0.912. The second-order valence-corrected chi connectivity index (χ2v) is 7.26. The molecule has 0 aromatic heterocycles. The molecule has 0 aliphatic carbocycles. The maximum Gasteiger partial charge on any atom is 0.253 e. The Hall–Kier alpha value is -1.84. The summed E-state index contributed by atoms with van der Waals surface area (Å²) in [7, 11) is 0. The lowest BCUT2D eigenvalue weighted by Gasteiger charge is -2.30. The average Bonchev–Trinajstić information content (AvgIpc) is 2.46. The van der Waals surface area contributed by atoms with Gasteiger partial charge in [-0.25, -0.2) is 0 Å². The summed E-state index contributed by atoms with van der Waals surface area (Å²) in [4.78, 5) is 26.7. The summed E-state index contributed by atoms with van der Waals surface area (Å²) in [6.07, 6.45) is 2.10. The van der Waals surface area contributed by atoms with Crippen molar-refractivity contribution >= 4 is 11.8 Å². The van der Waals surface area contributed by atoms with E-state index < -0.39 is 0 Å². The summed E-state index contributed by atoms with van der Waals surface area (Å²) in [5.74, 6) is 0.569. The molecule has 1 aliphatic heterocycles. The van der Waals surface area contributed by atoms with Crippen molar-refractivity contribution in [3.8, 4) is 0 Å². The van der Waals surface area contributed by atoms with Crippen LogP contribution in [-0.2, 0) is 0 Å². The Bertz CT molecular complexity index is 552. The van der Waals surface area contributed by atoms with Gasteiger partial charge in [-0.1, -0.05) is 13.0 Å². The molecule has 0 radical (unpaired) electrons. The zero-order chi connectivity index (χ0) is 16.3. The lowest BCUT2D eigenvalue weighted by molar-refractivity contribution is 0.0697. The Morgan fingerprint density at radius 3 is 2.32 bits per heavy atom. The minimum absolute atomic E-state index is 0.0253. The molecule has 0 saturated carbocycles. The number of carbonyl (C=O) groups is 2. The van der Waals surface area contributed by atoms with Gasteiger partial charge in [0.2, 0.25) is 0 Å². The van der Waals surface area contributed by atoms with Crippen LogP contribution in [0.5, 0.6) is 0 Å². The zero-order valence-electron chi connectivity index (χ0n) is 14.0. The molecular formula is C18H26N2O2. The van der Waals surface area contributed by atoms with Crippen LogP contribution in [0.4, 0.5) is 0 Å². The minimum Gasteiger partial charge on any atom is -0.347 e. The number of rotatable bonds is 2. The van der Waals surface area contributed by atoms with Crippen molar-refractivity contribution in [2.75, 3.05) is 13.1 Å². The Kier molecular flexibility index (Phi) is 4.89. The van der Waals surface area contributed by atoms with Gasteiger partial charge < -0.3 is 10.2 Å². The number of nitrogens with one attached hydrogen (secondary N) is 1. The van der Waals surface area contributed by atoms with Crippen molar-refractivity contribution < 1.29 is 9.59 Å². The Morgan fingerprint density at radius 1 is 1.14 bits per heavy atom. The first kappa shape index (κ1) is 16.5. The number of carbonyl (C=O) groups excluding carboxylic acids is 2. The number of likely N-dealkylation sites (tertiary alicyclic amines) is 1. The fourth-order valence-corrected chi connectivity index (χ4v) is 2.60. The number of piperidine rings is 1. The van der Waals surface area contributed by atoms with E-state index in [2.05, 4.69) is 12.2 Å². The molecule has 2 amide bonds. The van der Waals surface area contributed by atoms with Crippen LogP contribution < -0.4 is 5.32 Å². The molecule has 2 rings (SSSR count). The number of nitrogens with zero attached hydrogens (tertiary/aromatic N) is 1. The standard InChI is InChI=1S/C18H26N2O2/c1-13-8-10-20(11-9-13)17(22)15-7-5-6-14(12-15)16(21)19-18(2,3)4/h5-7,12-13H,8-11H2,1-4H3,(H,19,21). The van der Waals surface area contributed by atoms with Gasteiger partial charge in [0.25, 0.3) is 11.8 Å². The molecule has 1 aromatic rings. The van der Waals surface area contributed by atoms with Gasteiger partial charge in [-0.05, 0) is 57.7 Å². The highest BCUT2D eigenvalue weighted by molar-refractivity contribution is 5.99. The molecule has 120 valence electrons. The number of hydrogen-bond acceptors (Lipinski definition) is 2. The third-order valence-corrected chi connectivity index (χ3v) is 3.93. The van der Waals surface area contributed by atoms with Crippen LogP contribution in [-0.4, -0.2) is 35.3 Å². The fraction of sp³-hybridized carbons (Fsp3) is 0.556. The van der Waals surface area contributed by atoms with Crippen LogP contribution in [0.3, 0.4) is 0 Å². The van der Waals surface area contributed by atoms with Crippen molar-refractivity contribution in [1.29, 1.82) is 0 Å².